The van der Waals surface area contributed by atoms with Gasteiger partial charge in [0.1, 0.15) is 6.61 Å². The molecule has 6 nitrogen and oxygen atoms in total. The molecule has 23 heavy (non-hydrogen) atoms. The Kier molecular flexibility index (Phi) is 6.67. The second-order valence-electron chi connectivity index (χ2n) is 5.51. The molecule has 0 atom stereocenters. The maximum Gasteiger partial charge on any atom is 0.245 e. The highest BCUT2D eigenvalue weighted by Crippen LogP contribution is 2.33. The lowest BCUT2D eigenvalue weighted by Crippen LogP contribution is -2.08. The molecule has 7 heteroatoms. The summed E-state index contributed by atoms with van der Waals surface area (Å²) in [6.45, 7) is 5.56. The minimum atomic E-state index is 0.409. The van der Waals surface area contributed by atoms with Gasteiger partial charge in [-0.2, -0.15) is 4.98 Å². The number of ether oxygens (including phenoxy) is 2. The lowest BCUT2D eigenvalue weighted by Gasteiger charge is -2.13. The van der Waals surface area contributed by atoms with E-state index in [9.17, 15) is 0 Å². The van der Waals surface area contributed by atoms with E-state index >= 15 is 0 Å². The van der Waals surface area contributed by atoms with E-state index in [-0.39, 0.29) is 0 Å². The number of nitrogens with one attached hydrogen (secondary N) is 1. The van der Waals surface area contributed by atoms with Crippen molar-refractivity contribution < 1.29 is 14.0 Å². The molecule has 0 aliphatic heterocycles. The molecule has 1 aromatic carbocycles. The Morgan fingerprint density at radius 2 is 2.13 bits per heavy atom. The second kappa shape index (κ2) is 8.74. The summed E-state index contributed by atoms with van der Waals surface area (Å²) in [4.78, 5) is 4.36. The highest BCUT2D eigenvalue weighted by Gasteiger charge is 2.11. The van der Waals surface area contributed by atoms with Gasteiger partial charge in [-0.1, -0.05) is 36.7 Å². The van der Waals surface area contributed by atoms with Crippen LogP contribution >= 0.6 is 11.6 Å². The maximum atomic E-state index is 6.19. The summed E-state index contributed by atoms with van der Waals surface area (Å²) < 4.78 is 15.9. The largest absolute Gasteiger partial charge is 0.487 e. The number of hydrogen-bond donors (Lipinski definition) is 1. The summed E-state index contributed by atoms with van der Waals surface area (Å²) in [5, 5.41) is 7.73. The van der Waals surface area contributed by atoms with Crippen LogP contribution in [-0.2, 0) is 17.7 Å². The van der Waals surface area contributed by atoms with Crippen LogP contribution in [0, 0.1) is 5.92 Å². The van der Waals surface area contributed by atoms with E-state index in [1.54, 1.807) is 13.2 Å². The van der Waals surface area contributed by atoms with Gasteiger partial charge in [-0.3, -0.25) is 0 Å². The Morgan fingerprint density at radius 3 is 2.87 bits per heavy atom. The quantitative estimate of drug-likeness (QED) is 0.704. The number of hydrogen-bond acceptors (Lipinski definition) is 6. The predicted molar refractivity (Wildman–Crippen MR) is 89.0 cm³/mol. The first-order valence-electron chi connectivity index (χ1n) is 7.55. The summed E-state index contributed by atoms with van der Waals surface area (Å²) in [5.74, 6) is 2.33. The van der Waals surface area contributed by atoms with Crippen LogP contribution in [0.2, 0.25) is 5.02 Å². The van der Waals surface area contributed by atoms with Crippen LogP contribution in [-0.4, -0.2) is 30.5 Å². The van der Waals surface area contributed by atoms with Crippen molar-refractivity contribution in [1.29, 1.82) is 0 Å². The summed E-state index contributed by atoms with van der Waals surface area (Å²) in [7, 11) is 1.62. The van der Waals surface area contributed by atoms with E-state index in [0.717, 1.165) is 17.9 Å². The molecule has 0 aliphatic carbocycles. The van der Waals surface area contributed by atoms with Gasteiger partial charge < -0.3 is 19.3 Å². The average Bonchev–Trinajstić information content (AvgIpc) is 2.94. The van der Waals surface area contributed by atoms with Gasteiger partial charge in [-0.05, 0) is 18.1 Å². The smallest absolute Gasteiger partial charge is 0.245 e. The number of methoxy groups -OCH3 is 1. The van der Waals surface area contributed by atoms with Crippen LogP contribution in [0.25, 0.3) is 0 Å². The molecule has 0 unspecified atom stereocenters. The Hall–Kier alpha value is -1.79. The van der Waals surface area contributed by atoms with Gasteiger partial charge in [0.15, 0.2) is 11.6 Å². The number of nitrogens with zero attached hydrogens (tertiary/aromatic N) is 2. The molecule has 2 rings (SSSR count). The summed E-state index contributed by atoms with van der Waals surface area (Å²) in [5.41, 5.74) is 0.775. The predicted octanol–water partition coefficient (Wildman–Crippen LogP) is 3.56. The van der Waals surface area contributed by atoms with E-state index in [0.29, 0.717) is 42.3 Å². The SMILES string of the molecule is COCCOc1c(Cl)cccc1NCc1nc(CC(C)C)no1. The molecule has 0 bridgehead atoms. The van der Waals surface area contributed by atoms with Gasteiger partial charge in [0.05, 0.1) is 23.9 Å². The van der Waals surface area contributed by atoms with E-state index in [1.807, 2.05) is 12.1 Å². The highest BCUT2D eigenvalue weighted by molar-refractivity contribution is 6.32. The monoisotopic (exact) mass is 339 g/mol. The molecule has 0 fully saturated rings. The third-order valence-electron chi connectivity index (χ3n) is 3.03. The number of anilines is 1. The summed E-state index contributed by atoms with van der Waals surface area (Å²) in [6, 6.07) is 5.52. The van der Waals surface area contributed by atoms with Gasteiger partial charge in [0, 0.05) is 13.5 Å². The highest BCUT2D eigenvalue weighted by atomic mass is 35.5. The van der Waals surface area contributed by atoms with Crippen LogP contribution < -0.4 is 10.1 Å². The third kappa shape index (κ3) is 5.41. The molecule has 1 aromatic heterocycles. The van der Waals surface area contributed by atoms with Crippen molar-refractivity contribution in [3.8, 4) is 5.75 Å². The number of rotatable bonds is 9. The maximum absolute atomic E-state index is 6.19. The Bertz CT molecular complexity index is 616. The summed E-state index contributed by atoms with van der Waals surface area (Å²) in [6.07, 6.45) is 0.798. The molecule has 0 saturated heterocycles. The first kappa shape index (κ1) is 17.6. The molecule has 1 heterocycles. The van der Waals surface area contributed by atoms with Crippen molar-refractivity contribution in [2.75, 3.05) is 25.6 Å². The first-order chi connectivity index (χ1) is 11.1. The number of benzene rings is 1. The minimum absolute atomic E-state index is 0.409. The zero-order valence-electron chi connectivity index (χ0n) is 13.6. The molecule has 0 radical (unpaired) electrons. The van der Waals surface area contributed by atoms with Crippen LogP contribution in [0.15, 0.2) is 22.7 Å². The number of para-hydroxylation sites is 1. The number of aromatic nitrogens is 2. The van der Waals surface area contributed by atoms with Crippen molar-refractivity contribution in [3.05, 3.63) is 34.9 Å². The lowest BCUT2D eigenvalue weighted by atomic mass is 10.1. The van der Waals surface area contributed by atoms with Crippen LogP contribution in [0.4, 0.5) is 5.69 Å². The lowest BCUT2D eigenvalue weighted by molar-refractivity contribution is 0.146. The van der Waals surface area contributed by atoms with Crippen molar-refractivity contribution in [1.82, 2.24) is 10.1 Å². The third-order valence-corrected chi connectivity index (χ3v) is 3.33. The fourth-order valence-electron chi connectivity index (χ4n) is 2.00. The van der Waals surface area contributed by atoms with Gasteiger partial charge >= 0.3 is 0 Å². The van der Waals surface area contributed by atoms with E-state index in [1.165, 1.54) is 0 Å². The molecule has 0 spiro atoms. The van der Waals surface area contributed by atoms with E-state index in [2.05, 4.69) is 29.3 Å². The molecular formula is C16H22ClN3O3. The molecular weight excluding hydrogens is 318 g/mol. The standard InChI is InChI=1S/C16H22ClN3O3/c1-11(2)9-14-19-15(23-20-14)10-18-13-6-4-5-12(17)16(13)22-8-7-21-3/h4-6,11,18H,7-10H2,1-3H3. The summed E-state index contributed by atoms with van der Waals surface area (Å²) >= 11 is 6.19. The zero-order chi connectivity index (χ0) is 16.7. The first-order valence-corrected chi connectivity index (χ1v) is 7.93. The van der Waals surface area contributed by atoms with Gasteiger partial charge in [0.25, 0.3) is 0 Å². The average molecular weight is 340 g/mol. The fourth-order valence-corrected chi connectivity index (χ4v) is 2.23. The van der Waals surface area contributed by atoms with Gasteiger partial charge in [-0.25, -0.2) is 0 Å². The van der Waals surface area contributed by atoms with Crippen molar-refractivity contribution in [3.63, 3.8) is 0 Å². The van der Waals surface area contributed by atoms with E-state index < -0.39 is 0 Å². The molecule has 0 amide bonds. The Balaban J connectivity index is 1.99. The minimum Gasteiger partial charge on any atom is -0.487 e. The zero-order valence-corrected chi connectivity index (χ0v) is 14.4. The topological polar surface area (TPSA) is 69.4 Å². The molecule has 126 valence electrons. The van der Waals surface area contributed by atoms with Crippen LogP contribution in [0.1, 0.15) is 25.6 Å². The van der Waals surface area contributed by atoms with Crippen molar-refractivity contribution in [2.24, 2.45) is 5.92 Å². The number of halogens is 1. The van der Waals surface area contributed by atoms with Crippen LogP contribution in [0.3, 0.4) is 0 Å². The molecule has 0 aliphatic rings. The normalized spacial score (nSPS) is 11.0. The molecule has 1 N–H and O–H groups in total. The van der Waals surface area contributed by atoms with E-state index in [4.69, 9.17) is 25.6 Å². The second-order valence-corrected chi connectivity index (χ2v) is 5.92. The Morgan fingerprint density at radius 1 is 1.30 bits per heavy atom. The molecule has 2 aromatic rings. The van der Waals surface area contributed by atoms with Crippen molar-refractivity contribution in [2.45, 2.75) is 26.8 Å². The van der Waals surface area contributed by atoms with Gasteiger partial charge in [-0.15, -0.1) is 0 Å². The molecule has 0 saturated carbocycles. The fraction of sp³-hybridized carbons (Fsp3) is 0.500. The Labute approximate surface area is 141 Å². The van der Waals surface area contributed by atoms with Gasteiger partial charge in [0.2, 0.25) is 5.89 Å². The van der Waals surface area contributed by atoms with Crippen LogP contribution in [0.5, 0.6) is 5.75 Å². The van der Waals surface area contributed by atoms with Crippen molar-refractivity contribution >= 4 is 17.3 Å².